The molecule has 1 aromatic heterocycles. The van der Waals surface area contributed by atoms with Gasteiger partial charge >= 0.3 is 0 Å². The summed E-state index contributed by atoms with van der Waals surface area (Å²) in [5.41, 5.74) is 3.31. The minimum absolute atomic E-state index is 0.0604. The average molecular weight is 369 g/mol. The predicted octanol–water partition coefficient (Wildman–Crippen LogP) is 4.55. The maximum atomic E-state index is 12.6. The highest BCUT2D eigenvalue weighted by Gasteiger charge is 2.17. The Morgan fingerprint density at radius 1 is 1.17 bits per heavy atom. The van der Waals surface area contributed by atoms with Crippen LogP contribution in [0, 0.1) is 20.8 Å². The van der Waals surface area contributed by atoms with Crippen molar-refractivity contribution in [2.24, 2.45) is 0 Å². The smallest absolute Gasteiger partial charge is 0.258 e. The van der Waals surface area contributed by atoms with Gasteiger partial charge in [-0.3, -0.25) is 4.79 Å². The van der Waals surface area contributed by atoms with Crippen LogP contribution in [0.2, 0.25) is 10.3 Å². The van der Waals surface area contributed by atoms with Gasteiger partial charge in [0.1, 0.15) is 16.1 Å². The number of aryl methyl sites for hydroxylation is 2. The van der Waals surface area contributed by atoms with E-state index in [-0.39, 0.29) is 28.6 Å². The third-order valence-corrected chi connectivity index (χ3v) is 4.21. The van der Waals surface area contributed by atoms with Crippen LogP contribution < -0.4 is 10.1 Å². The van der Waals surface area contributed by atoms with Crippen molar-refractivity contribution in [3.63, 3.8) is 0 Å². The molecule has 0 radical (unpaired) electrons. The topological polar surface area (TPSA) is 60.5 Å². The lowest BCUT2D eigenvalue weighted by Crippen LogP contribution is -2.16. The van der Waals surface area contributed by atoms with Crippen LogP contribution in [0.5, 0.6) is 5.75 Å². The molecule has 0 bridgehead atoms. The van der Waals surface area contributed by atoms with Crippen LogP contribution in [0.3, 0.4) is 0 Å². The first-order valence-corrected chi connectivity index (χ1v) is 7.96. The van der Waals surface area contributed by atoms with Crippen LogP contribution in [0.15, 0.2) is 18.2 Å². The van der Waals surface area contributed by atoms with Crippen LogP contribution in [-0.4, -0.2) is 24.8 Å². The Balaban J connectivity index is 2.34. The number of pyridine rings is 1. The van der Waals surface area contributed by atoms with E-state index in [1.165, 1.54) is 0 Å². The summed E-state index contributed by atoms with van der Waals surface area (Å²) in [6.45, 7) is 5.65. The van der Waals surface area contributed by atoms with Crippen molar-refractivity contribution in [2.45, 2.75) is 20.8 Å². The van der Waals surface area contributed by atoms with E-state index in [0.717, 1.165) is 11.1 Å². The van der Waals surface area contributed by atoms with Crippen molar-refractivity contribution in [1.82, 2.24) is 4.98 Å². The molecule has 0 fully saturated rings. The van der Waals surface area contributed by atoms with E-state index in [9.17, 15) is 4.79 Å². The SMILES string of the molecule is COCOc1ccc(C)c(NC(=O)c2cc(C)c(Cl)nc2Cl)c1C. The number of ether oxygens (including phenoxy) is 2. The molecule has 5 nitrogen and oxygen atoms in total. The second kappa shape index (κ2) is 7.83. The van der Waals surface area contributed by atoms with Gasteiger partial charge in [0.2, 0.25) is 0 Å². The first-order chi connectivity index (χ1) is 11.3. The molecule has 7 heteroatoms. The first-order valence-electron chi connectivity index (χ1n) is 7.21. The largest absolute Gasteiger partial charge is 0.467 e. The lowest BCUT2D eigenvalue weighted by atomic mass is 10.1. The molecule has 128 valence electrons. The molecule has 0 atom stereocenters. The summed E-state index contributed by atoms with van der Waals surface area (Å²) >= 11 is 12.0. The molecule has 0 saturated heterocycles. The highest BCUT2D eigenvalue weighted by atomic mass is 35.5. The minimum Gasteiger partial charge on any atom is -0.467 e. The maximum absolute atomic E-state index is 12.6. The Morgan fingerprint density at radius 3 is 2.54 bits per heavy atom. The van der Waals surface area contributed by atoms with Crippen LogP contribution in [0.4, 0.5) is 5.69 Å². The number of carbonyl (C=O) groups excluding carboxylic acids is 1. The fourth-order valence-electron chi connectivity index (χ4n) is 2.21. The van der Waals surface area contributed by atoms with Gasteiger partial charge in [-0.2, -0.15) is 0 Å². The number of nitrogens with zero attached hydrogens (tertiary/aromatic N) is 1. The average Bonchev–Trinajstić information content (AvgIpc) is 2.54. The molecule has 24 heavy (non-hydrogen) atoms. The molecular weight excluding hydrogens is 351 g/mol. The second-order valence-electron chi connectivity index (χ2n) is 5.32. The summed E-state index contributed by atoms with van der Waals surface area (Å²) < 4.78 is 10.4. The van der Waals surface area contributed by atoms with Gasteiger partial charge in [-0.15, -0.1) is 0 Å². The molecule has 2 aromatic rings. The fraction of sp³-hybridized carbons (Fsp3) is 0.294. The number of benzene rings is 1. The Hall–Kier alpha value is -1.82. The quantitative estimate of drug-likeness (QED) is 0.621. The Bertz CT molecular complexity index is 779. The molecule has 1 aromatic carbocycles. The molecule has 1 amide bonds. The van der Waals surface area contributed by atoms with E-state index in [0.29, 0.717) is 17.0 Å². The summed E-state index contributed by atoms with van der Waals surface area (Å²) in [6.07, 6.45) is 0. The zero-order valence-electron chi connectivity index (χ0n) is 13.9. The number of nitrogens with one attached hydrogen (secondary N) is 1. The molecule has 0 saturated carbocycles. The Labute approximate surface area is 150 Å². The third kappa shape index (κ3) is 3.98. The zero-order valence-corrected chi connectivity index (χ0v) is 15.4. The number of halogens is 2. The van der Waals surface area contributed by atoms with Crippen molar-refractivity contribution in [1.29, 1.82) is 0 Å². The number of methoxy groups -OCH3 is 1. The first kappa shape index (κ1) is 18.5. The second-order valence-corrected chi connectivity index (χ2v) is 6.04. The number of anilines is 1. The van der Waals surface area contributed by atoms with Gasteiger partial charge in [0.15, 0.2) is 6.79 Å². The summed E-state index contributed by atoms with van der Waals surface area (Å²) in [7, 11) is 1.55. The number of hydrogen-bond donors (Lipinski definition) is 1. The van der Waals surface area contributed by atoms with E-state index in [2.05, 4.69) is 10.3 Å². The standard InChI is InChI=1S/C17H18Cl2N2O3/c1-9-5-6-13(24-8-23-4)11(3)14(9)20-17(22)12-7-10(2)15(18)21-16(12)19/h5-7H,8H2,1-4H3,(H,20,22). The predicted molar refractivity (Wildman–Crippen MR) is 95.4 cm³/mol. The molecule has 2 rings (SSSR count). The molecule has 0 unspecified atom stereocenters. The number of hydrogen-bond acceptors (Lipinski definition) is 4. The normalized spacial score (nSPS) is 10.6. The third-order valence-electron chi connectivity index (χ3n) is 3.54. The molecule has 1 heterocycles. The van der Waals surface area contributed by atoms with Crippen molar-refractivity contribution < 1.29 is 14.3 Å². The zero-order chi connectivity index (χ0) is 17.9. The van der Waals surface area contributed by atoms with Gasteiger partial charge in [0, 0.05) is 12.7 Å². The van der Waals surface area contributed by atoms with Gasteiger partial charge in [0.25, 0.3) is 5.91 Å². The summed E-state index contributed by atoms with van der Waals surface area (Å²) in [4.78, 5) is 16.6. The van der Waals surface area contributed by atoms with Gasteiger partial charge in [-0.25, -0.2) is 4.98 Å². The number of aromatic nitrogens is 1. The van der Waals surface area contributed by atoms with Gasteiger partial charge in [-0.1, -0.05) is 29.3 Å². The highest BCUT2D eigenvalue weighted by Crippen LogP contribution is 2.30. The van der Waals surface area contributed by atoms with Crippen molar-refractivity contribution in [2.75, 3.05) is 19.2 Å². The Kier molecular flexibility index (Phi) is 6.04. The van der Waals surface area contributed by atoms with Crippen LogP contribution >= 0.6 is 23.2 Å². The van der Waals surface area contributed by atoms with E-state index in [4.69, 9.17) is 32.7 Å². The summed E-state index contributed by atoms with van der Waals surface area (Å²) in [6, 6.07) is 5.31. The maximum Gasteiger partial charge on any atom is 0.258 e. The summed E-state index contributed by atoms with van der Waals surface area (Å²) in [5.74, 6) is 0.275. The number of amides is 1. The lowest BCUT2D eigenvalue weighted by Gasteiger charge is -2.16. The molecule has 0 aliphatic carbocycles. The minimum atomic E-state index is -0.359. The van der Waals surface area contributed by atoms with Crippen LogP contribution in [0.1, 0.15) is 27.0 Å². The lowest BCUT2D eigenvalue weighted by molar-refractivity contribution is 0.0507. The van der Waals surface area contributed by atoms with Gasteiger partial charge < -0.3 is 14.8 Å². The molecular formula is C17H18Cl2N2O3. The molecule has 0 aliphatic heterocycles. The van der Waals surface area contributed by atoms with Crippen LogP contribution in [-0.2, 0) is 4.74 Å². The van der Waals surface area contributed by atoms with Crippen molar-refractivity contribution >= 4 is 34.8 Å². The fourth-order valence-corrected chi connectivity index (χ4v) is 2.62. The van der Waals surface area contributed by atoms with Gasteiger partial charge in [-0.05, 0) is 44.0 Å². The van der Waals surface area contributed by atoms with E-state index in [1.54, 1.807) is 20.1 Å². The van der Waals surface area contributed by atoms with Crippen molar-refractivity contribution in [3.05, 3.63) is 50.8 Å². The highest BCUT2D eigenvalue weighted by molar-refractivity contribution is 6.35. The monoisotopic (exact) mass is 368 g/mol. The van der Waals surface area contributed by atoms with E-state index in [1.807, 2.05) is 26.0 Å². The molecule has 0 aliphatic rings. The number of carbonyl (C=O) groups is 1. The Morgan fingerprint density at radius 2 is 1.88 bits per heavy atom. The van der Waals surface area contributed by atoms with E-state index < -0.39 is 0 Å². The summed E-state index contributed by atoms with van der Waals surface area (Å²) in [5, 5.41) is 3.21. The van der Waals surface area contributed by atoms with E-state index >= 15 is 0 Å². The van der Waals surface area contributed by atoms with Crippen LogP contribution in [0.25, 0.3) is 0 Å². The number of rotatable bonds is 5. The molecule has 1 N–H and O–H groups in total. The van der Waals surface area contributed by atoms with Crippen molar-refractivity contribution in [3.8, 4) is 5.75 Å². The van der Waals surface area contributed by atoms with Gasteiger partial charge in [0.05, 0.1) is 11.3 Å². The molecule has 0 spiro atoms.